The number of amides is 2. The molecule has 3 aliphatic rings. The first-order valence-corrected chi connectivity index (χ1v) is 14.7. The Kier molecular flexibility index (Phi) is 7.68. The van der Waals surface area contributed by atoms with Crippen LogP contribution in [0.4, 0.5) is 18.0 Å². The zero-order valence-corrected chi connectivity index (χ0v) is 23.5. The molecule has 0 unspecified atom stereocenters. The SMILES string of the molecule is CN(C(=O)N1CC[C@H](n2cnc3cc(-c4ccc(OC(F)(F)F)cc4)sc3c2=O)C1)[C@H]1CCN(C2CCOCC2)C1. The maximum atomic E-state index is 13.4. The summed E-state index contributed by atoms with van der Waals surface area (Å²) in [5.74, 6) is -0.307. The van der Waals surface area contributed by atoms with E-state index in [4.69, 9.17) is 4.74 Å². The second kappa shape index (κ2) is 11.3. The summed E-state index contributed by atoms with van der Waals surface area (Å²) in [6.07, 6.45) is 0.472. The summed E-state index contributed by atoms with van der Waals surface area (Å²) < 4.78 is 48.9. The van der Waals surface area contributed by atoms with Gasteiger partial charge in [0.05, 0.1) is 17.9 Å². The minimum absolute atomic E-state index is 0.00947. The number of carbonyl (C=O) groups is 1. The molecule has 0 aliphatic carbocycles. The van der Waals surface area contributed by atoms with Crippen molar-refractivity contribution in [3.63, 3.8) is 0 Å². The van der Waals surface area contributed by atoms with E-state index in [0.717, 1.165) is 50.4 Å². The molecule has 0 N–H and O–H groups in total. The van der Waals surface area contributed by atoms with E-state index in [1.165, 1.54) is 41.9 Å². The van der Waals surface area contributed by atoms with Gasteiger partial charge in [0.2, 0.25) is 0 Å². The first kappa shape index (κ1) is 28.0. The van der Waals surface area contributed by atoms with Gasteiger partial charge in [-0.3, -0.25) is 14.3 Å². The molecule has 3 saturated heterocycles. The Morgan fingerprint density at radius 1 is 1.07 bits per heavy atom. The number of halogens is 3. The van der Waals surface area contributed by atoms with Gasteiger partial charge in [0, 0.05) is 63.4 Å². The van der Waals surface area contributed by atoms with E-state index in [2.05, 4.69) is 14.6 Å². The molecular formula is C28H32F3N5O4S. The van der Waals surface area contributed by atoms with Crippen molar-refractivity contribution in [2.45, 2.75) is 50.2 Å². The first-order chi connectivity index (χ1) is 19.7. The number of likely N-dealkylation sites (tertiary alicyclic amines) is 2. The maximum Gasteiger partial charge on any atom is 0.573 e. The van der Waals surface area contributed by atoms with Crippen molar-refractivity contribution in [3.05, 3.63) is 47.0 Å². The Labute approximate surface area is 239 Å². The standard InChI is InChI=1S/C28H32F3N5O4S/c1-33(20-6-10-34(15-20)19-8-12-39-13-9-19)27(38)35-11-7-21(16-35)36-17-32-23-14-24(41-25(23)26(36)37)18-2-4-22(5-3-18)40-28(29,30)31/h2-5,14,17,19-21H,6-13,15-16H2,1H3/t20-,21-/m0/s1. The fraction of sp³-hybridized carbons (Fsp3) is 0.536. The number of nitrogens with zero attached hydrogens (tertiary/aromatic N) is 5. The van der Waals surface area contributed by atoms with E-state index in [0.29, 0.717) is 41.3 Å². The fourth-order valence-corrected chi connectivity index (χ4v) is 7.19. The molecule has 9 nitrogen and oxygen atoms in total. The van der Waals surface area contributed by atoms with E-state index >= 15 is 0 Å². The largest absolute Gasteiger partial charge is 0.573 e. The third-order valence-electron chi connectivity index (χ3n) is 8.41. The normalized spacial score (nSPS) is 22.5. The number of fused-ring (bicyclic) bond motifs is 1. The van der Waals surface area contributed by atoms with Crippen LogP contribution in [0.3, 0.4) is 0 Å². The van der Waals surface area contributed by atoms with Crippen LogP contribution >= 0.6 is 11.3 Å². The van der Waals surface area contributed by atoms with Gasteiger partial charge in [-0.15, -0.1) is 24.5 Å². The number of benzene rings is 1. The molecular weight excluding hydrogens is 559 g/mol. The van der Waals surface area contributed by atoms with E-state index in [1.54, 1.807) is 10.6 Å². The van der Waals surface area contributed by atoms with Crippen molar-refractivity contribution in [2.75, 3.05) is 46.4 Å². The topological polar surface area (TPSA) is 80.1 Å². The first-order valence-electron chi connectivity index (χ1n) is 13.9. The number of thiophene rings is 1. The Morgan fingerprint density at radius 3 is 2.56 bits per heavy atom. The van der Waals surface area contributed by atoms with Crippen LogP contribution in [0.15, 0.2) is 41.5 Å². The zero-order chi connectivity index (χ0) is 28.7. The number of carbonyl (C=O) groups excluding carboxylic acids is 1. The number of rotatable bonds is 5. The highest BCUT2D eigenvalue weighted by atomic mass is 32.1. The van der Waals surface area contributed by atoms with Gasteiger partial charge in [0.15, 0.2) is 0 Å². The minimum Gasteiger partial charge on any atom is -0.406 e. The number of aromatic nitrogens is 2. The van der Waals surface area contributed by atoms with Crippen molar-refractivity contribution >= 4 is 27.6 Å². The number of hydrogen-bond acceptors (Lipinski definition) is 7. The highest BCUT2D eigenvalue weighted by Gasteiger charge is 2.36. The maximum absolute atomic E-state index is 13.4. The molecule has 2 amide bonds. The van der Waals surface area contributed by atoms with Gasteiger partial charge in [-0.2, -0.15) is 0 Å². The lowest BCUT2D eigenvalue weighted by Gasteiger charge is -2.33. The molecule has 3 aliphatic heterocycles. The van der Waals surface area contributed by atoms with E-state index in [-0.39, 0.29) is 29.4 Å². The number of likely N-dealkylation sites (N-methyl/N-ethyl adjacent to an activating group) is 1. The highest BCUT2D eigenvalue weighted by Crippen LogP contribution is 2.33. The van der Waals surface area contributed by atoms with E-state index < -0.39 is 6.36 Å². The van der Waals surface area contributed by atoms with Gasteiger partial charge in [0.1, 0.15) is 10.4 Å². The van der Waals surface area contributed by atoms with Gasteiger partial charge >= 0.3 is 12.4 Å². The lowest BCUT2D eigenvalue weighted by Crippen LogP contribution is -2.47. The van der Waals surface area contributed by atoms with Crippen LogP contribution in [0.2, 0.25) is 0 Å². The molecule has 0 radical (unpaired) electrons. The number of hydrogen-bond donors (Lipinski definition) is 0. The molecule has 41 heavy (non-hydrogen) atoms. The van der Waals surface area contributed by atoms with E-state index in [9.17, 15) is 22.8 Å². The lowest BCUT2D eigenvalue weighted by atomic mass is 10.1. The monoisotopic (exact) mass is 591 g/mol. The van der Waals surface area contributed by atoms with Crippen LogP contribution in [-0.4, -0.2) is 95.2 Å². The second-order valence-electron chi connectivity index (χ2n) is 10.9. The van der Waals surface area contributed by atoms with Crippen LogP contribution in [0, 0.1) is 0 Å². The Morgan fingerprint density at radius 2 is 1.83 bits per heavy atom. The summed E-state index contributed by atoms with van der Waals surface area (Å²) in [5, 5.41) is 0. The predicted octanol–water partition coefficient (Wildman–Crippen LogP) is 4.58. The fourth-order valence-electron chi connectivity index (χ4n) is 6.14. The van der Waals surface area contributed by atoms with Gasteiger partial charge in [-0.1, -0.05) is 0 Å². The van der Waals surface area contributed by atoms with Crippen molar-refractivity contribution in [3.8, 4) is 16.2 Å². The molecule has 13 heteroatoms. The van der Waals surface area contributed by atoms with Crippen LogP contribution in [0.5, 0.6) is 5.75 Å². The van der Waals surface area contributed by atoms with Gasteiger partial charge in [-0.25, -0.2) is 9.78 Å². The van der Waals surface area contributed by atoms with Gasteiger partial charge in [0.25, 0.3) is 5.56 Å². The predicted molar refractivity (Wildman–Crippen MR) is 148 cm³/mol. The van der Waals surface area contributed by atoms with Crippen molar-refractivity contribution in [1.29, 1.82) is 0 Å². The lowest BCUT2D eigenvalue weighted by molar-refractivity contribution is -0.274. The minimum atomic E-state index is -4.76. The molecule has 6 rings (SSSR count). The molecule has 0 bridgehead atoms. The summed E-state index contributed by atoms with van der Waals surface area (Å²) in [7, 11) is 1.88. The quantitative estimate of drug-likeness (QED) is 0.433. The molecule has 2 atom stereocenters. The average Bonchev–Trinajstić information content (AvgIpc) is 3.73. The molecule has 3 fully saturated rings. The summed E-state index contributed by atoms with van der Waals surface area (Å²) in [4.78, 5) is 38.2. The van der Waals surface area contributed by atoms with Crippen LogP contribution < -0.4 is 10.3 Å². The average molecular weight is 592 g/mol. The highest BCUT2D eigenvalue weighted by molar-refractivity contribution is 7.22. The summed E-state index contributed by atoms with van der Waals surface area (Å²) in [6, 6.07) is 7.81. The van der Waals surface area contributed by atoms with E-state index in [1.807, 2.05) is 16.8 Å². The second-order valence-corrected chi connectivity index (χ2v) is 12.0. The van der Waals surface area contributed by atoms with Crippen molar-refractivity contribution < 1.29 is 27.4 Å². The number of urea groups is 1. The molecule has 0 saturated carbocycles. The molecule has 1 aromatic carbocycles. The van der Waals surface area contributed by atoms with Gasteiger partial charge < -0.3 is 19.3 Å². The Bertz CT molecular complexity index is 1450. The summed E-state index contributed by atoms with van der Waals surface area (Å²) >= 11 is 1.25. The third kappa shape index (κ3) is 5.93. The smallest absolute Gasteiger partial charge is 0.406 e. The molecule has 220 valence electrons. The van der Waals surface area contributed by atoms with Crippen molar-refractivity contribution in [1.82, 2.24) is 24.3 Å². The Balaban J connectivity index is 1.11. The molecule has 3 aromatic rings. The molecule has 5 heterocycles. The third-order valence-corrected chi connectivity index (χ3v) is 9.57. The van der Waals surface area contributed by atoms with Crippen LogP contribution in [0.25, 0.3) is 20.7 Å². The Hall–Kier alpha value is -3.16. The number of alkyl halides is 3. The van der Waals surface area contributed by atoms with Crippen LogP contribution in [0.1, 0.15) is 31.7 Å². The van der Waals surface area contributed by atoms with Gasteiger partial charge in [-0.05, 0) is 61.6 Å². The number of ether oxygens (including phenoxy) is 2. The summed E-state index contributed by atoms with van der Waals surface area (Å²) in [5.41, 5.74) is 1.01. The summed E-state index contributed by atoms with van der Waals surface area (Å²) in [6.45, 7) is 4.48. The van der Waals surface area contributed by atoms with Crippen molar-refractivity contribution in [2.24, 2.45) is 0 Å². The molecule has 2 aromatic heterocycles. The molecule has 0 spiro atoms. The zero-order valence-electron chi connectivity index (χ0n) is 22.7. The van der Waals surface area contributed by atoms with Crippen LogP contribution in [-0.2, 0) is 4.74 Å².